The van der Waals surface area contributed by atoms with E-state index in [0.717, 1.165) is 15.2 Å². The van der Waals surface area contributed by atoms with E-state index in [2.05, 4.69) is 25.9 Å². The second kappa shape index (κ2) is 6.13. The zero-order valence-electron chi connectivity index (χ0n) is 12.5. The smallest absolute Gasteiger partial charge is 0.246 e. The molecule has 118 valence electrons. The molecule has 23 heavy (non-hydrogen) atoms. The summed E-state index contributed by atoms with van der Waals surface area (Å²) in [7, 11) is 0. The van der Waals surface area contributed by atoms with Crippen LogP contribution in [-0.2, 0) is 16.1 Å². The Morgan fingerprint density at radius 1 is 1.30 bits per heavy atom. The van der Waals surface area contributed by atoms with Crippen LogP contribution in [0.15, 0.2) is 24.4 Å². The number of carbonyl (C=O) groups excluding carboxylic acids is 2. The molecule has 0 aliphatic carbocycles. The first-order valence-corrected chi connectivity index (χ1v) is 7.66. The van der Waals surface area contributed by atoms with Crippen LogP contribution in [0, 0.1) is 6.92 Å². The summed E-state index contributed by atoms with van der Waals surface area (Å²) in [6.45, 7) is 3.32. The number of fused-ring (bicyclic) bond motifs is 1. The van der Waals surface area contributed by atoms with E-state index in [4.69, 9.17) is 0 Å². The van der Waals surface area contributed by atoms with Gasteiger partial charge in [-0.3, -0.25) is 9.59 Å². The maximum absolute atomic E-state index is 12.0. The number of rotatable bonds is 4. The fourth-order valence-corrected chi connectivity index (χ4v) is 2.89. The molecule has 0 saturated carbocycles. The molecule has 2 amide bonds. The number of hydrogen-bond donors (Lipinski definition) is 2. The third-order valence-electron chi connectivity index (χ3n) is 2.93. The van der Waals surface area contributed by atoms with Crippen molar-refractivity contribution in [1.82, 2.24) is 20.0 Å². The van der Waals surface area contributed by atoms with Gasteiger partial charge in [0.2, 0.25) is 11.8 Å². The van der Waals surface area contributed by atoms with E-state index < -0.39 is 0 Å². The fraction of sp³-hybridized carbons (Fsp3) is 0.214. The molecule has 0 spiro atoms. The van der Waals surface area contributed by atoms with Gasteiger partial charge in [0.15, 0.2) is 5.82 Å². The Bertz CT molecular complexity index is 884. The molecule has 0 bridgehead atoms. The van der Waals surface area contributed by atoms with Crippen molar-refractivity contribution >= 4 is 44.9 Å². The Morgan fingerprint density at radius 2 is 2.13 bits per heavy atom. The summed E-state index contributed by atoms with van der Waals surface area (Å²) in [5.41, 5.74) is 1.54. The van der Waals surface area contributed by atoms with Gasteiger partial charge >= 0.3 is 0 Å². The van der Waals surface area contributed by atoms with Crippen LogP contribution in [0.4, 0.5) is 11.5 Å². The molecule has 2 aromatic heterocycles. The molecule has 3 rings (SSSR count). The van der Waals surface area contributed by atoms with Crippen LogP contribution in [0.1, 0.15) is 11.9 Å². The zero-order chi connectivity index (χ0) is 16.4. The summed E-state index contributed by atoms with van der Waals surface area (Å²) in [5.74, 6) is -0.173. The molecular weight excluding hydrogens is 316 g/mol. The summed E-state index contributed by atoms with van der Waals surface area (Å²) in [4.78, 5) is 27.4. The van der Waals surface area contributed by atoms with Crippen LogP contribution < -0.4 is 10.6 Å². The number of benzene rings is 1. The Balaban J connectivity index is 1.65. The minimum Gasteiger partial charge on any atom is -0.324 e. The van der Waals surface area contributed by atoms with Gasteiger partial charge in [-0.25, -0.2) is 9.67 Å². The first-order valence-electron chi connectivity index (χ1n) is 6.84. The predicted molar refractivity (Wildman–Crippen MR) is 87.3 cm³/mol. The van der Waals surface area contributed by atoms with Crippen molar-refractivity contribution in [1.29, 1.82) is 0 Å². The highest BCUT2D eigenvalue weighted by Gasteiger charge is 2.08. The molecule has 3 aromatic rings. The molecule has 0 aliphatic heterocycles. The third-order valence-corrected chi connectivity index (χ3v) is 3.88. The van der Waals surface area contributed by atoms with Crippen LogP contribution in [0.3, 0.4) is 0 Å². The van der Waals surface area contributed by atoms with Crippen LogP contribution in [0.2, 0.25) is 0 Å². The standard InChI is InChI=1S/C14H14N6O2S/c1-8(21)15-13-6-20(19-18-13)7-14(22)17-10-3-4-12-11(5-10)16-9(2)23-12/h3-6H,7H2,1-2H3,(H,15,21)(H,17,22). The summed E-state index contributed by atoms with van der Waals surface area (Å²) in [6, 6.07) is 5.60. The molecule has 0 unspecified atom stereocenters. The second-order valence-corrected chi connectivity index (χ2v) is 6.18. The highest BCUT2D eigenvalue weighted by atomic mass is 32.1. The van der Waals surface area contributed by atoms with Gasteiger partial charge < -0.3 is 10.6 Å². The molecule has 1 aromatic carbocycles. The minimum absolute atomic E-state index is 0.000709. The van der Waals surface area contributed by atoms with Crippen molar-refractivity contribution < 1.29 is 9.59 Å². The maximum Gasteiger partial charge on any atom is 0.246 e. The largest absolute Gasteiger partial charge is 0.324 e. The topological polar surface area (TPSA) is 102 Å². The Morgan fingerprint density at radius 3 is 2.91 bits per heavy atom. The summed E-state index contributed by atoms with van der Waals surface area (Å²) in [5, 5.41) is 13.8. The number of amides is 2. The van der Waals surface area contributed by atoms with Crippen LogP contribution in [0.25, 0.3) is 10.2 Å². The quantitative estimate of drug-likeness (QED) is 0.759. The van der Waals surface area contributed by atoms with Crippen molar-refractivity contribution in [2.24, 2.45) is 0 Å². The van der Waals surface area contributed by atoms with Crippen molar-refractivity contribution in [2.45, 2.75) is 20.4 Å². The minimum atomic E-state index is -0.242. The lowest BCUT2D eigenvalue weighted by Gasteiger charge is -2.04. The number of carbonyl (C=O) groups is 2. The van der Waals surface area contributed by atoms with Gasteiger partial charge in [0.05, 0.1) is 21.4 Å². The average Bonchev–Trinajstić information content (AvgIpc) is 3.03. The van der Waals surface area contributed by atoms with Crippen LogP contribution in [-0.4, -0.2) is 31.8 Å². The SMILES string of the molecule is CC(=O)Nc1cn(CC(=O)Nc2ccc3sc(C)nc3c2)nn1. The number of aryl methyl sites for hydroxylation is 1. The highest BCUT2D eigenvalue weighted by Crippen LogP contribution is 2.24. The third kappa shape index (κ3) is 3.69. The zero-order valence-corrected chi connectivity index (χ0v) is 13.3. The van der Waals surface area contributed by atoms with E-state index in [1.807, 2.05) is 25.1 Å². The molecule has 2 N–H and O–H groups in total. The summed E-state index contributed by atoms with van der Waals surface area (Å²) in [6.07, 6.45) is 1.49. The lowest BCUT2D eigenvalue weighted by Crippen LogP contribution is -2.19. The predicted octanol–water partition coefficient (Wildman–Crippen LogP) is 1.79. The fourth-order valence-electron chi connectivity index (χ4n) is 2.08. The van der Waals surface area contributed by atoms with Gasteiger partial charge in [0.1, 0.15) is 6.54 Å². The summed E-state index contributed by atoms with van der Waals surface area (Å²) >= 11 is 1.61. The van der Waals surface area contributed by atoms with E-state index in [-0.39, 0.29) is 18.4 Å². The van der Waals surface area contributed by atoms with Gasteiger partial charge in [-0.15, -0.1) is 16.4 Å². The maximum atomic E-state index is 12.0. The molecule has 0 radical (unpaired) electrons. The van der Waals surface area contributed by atoms with E-state index in [0.29, 0.717) is 11.5 Å². The number of hydrogen-bond acceptors (Lipinski definition) is 6. The van der Waals surface area contributed by atoms with Crippen molar-refractivity contribution in [3.05, 3.63) is 29.4 Å². The van der Waals surface area contributed by atoms with Gasteiger partial charge in [0, 0.05) is 12.6 Å². The van der Waals surface area contributed by atoms with Gasteiger partial charge in [-0.05, 0) is 25.1 Å². The molecule has 0 atom stereocenters. The molecule has 0 aliphatic rings. The monoisotopic (exact) mass is 330 g/mol. The highest BCUT2D eigenvalue weighted by molar-refractivity contribution is 7.18. The Kier molecular flexibility index (Phi) is 4.02. The van der Waals surface area contributed by atoms with Crippen molar-refractivity contribution in [3.63, 3.8) is 0 Å². The van der Waals surface area contributed by atoms with Gasteiger partial charge in [-0.1, -0.05) is 5.21 Å². The van der Waals surface area contributed by atoms with Gasteiger partial charge in [-0.2, -0.15) is 0 Å². The van der Waals surface area contributed by atoms with E-state index in [1.54, 1.807) is 11.3 Å². The molecule has 2 heterocycles. The molecule has 9 heteroatoms. The number of nitrogens with zero attached hydrogens (tertiary/aromatic N) is 4. The molecule has 0 fully saturated rings. The number of aromatic nitrogens is 4. The molecule has 8 nitrogen and oxygen atoms in total. The summed E-state index contributed by atoms with van der Waals surface area (Å²) < 4.78 is 2.43. The number of thiazole rings is 1. The van der Waals surface area contributed by atoms with Crippen molar-refractivity contribution in [3.8, 4) is 0 Å². The van der Waals surface area contributed by atoms with E-state index in [1.165, 1.54) is 17.8 Å². The number of anilines is 2. The van der Waals surface area contributed by atoms with E-state index >= 15 is 0 Å². The molecular formula is C14H14N6O2S. The first-order chi connectivity index (χ1) is 11.0. The lowest BCUT2D eigenvalue weighted by molar-refractivity contribution is -0.117. The van der Waals surface area contributed by atoms with Crippen molar-refractivity contribution in [2.75, 3.05) is 10.6 Å². The molecule has 0 saturated heterocycles. The first kappa shape index (κ1) is 15.1. The van der Waals surface area contributed by atoms with Crippen LogP contribution >= 0.6 is 11.3 Å². The van der Waals surface area contributed by atoms with Gasteiger partial charge in [0.25, 0.3) is 0 Å². The Labute approximate surface area is 135 Å². The lowest BCUT2D eigenvalue weighted by atomic mass is 10.3. The van der Waals surface area contributed by atoms with E-state index in [9.17, 15) is 9.59 Å². The normalized spacial score (nSPS) is 10.7. The number of nitrogens with one attached hydrogen (secondary N) is 2. The second-order valence-electron chi connectivity index (χ2n) is 4.95. The van der Waals surface area contributed by atoms with Crippen LogP contribution in [0.5, 0.6) is 0 Å². The average molecular weight is 330 g/mol. The Hall–Kier alpha value is -2.81.